The first-order valence-electron chi connectivity index (χ1n) is 5.17. The topological polar surface area (TPSA) is 33.3 Å². The summed E-state index contributed by atoms with van der Waals surface area (Å²) >= 11 is 0. The molecule has 0 heterocycles. The molecule has 0 aliphatic carbocycles. The van der Waals surface area contributed by atoms with E-state index in [1.807, 2.05) is 0 Å². The molecule has 3 nitrogen and oxygen atoms in total. The molecule has 0 aromatic rings. The summed E-state index contributed by atoms with van der Waals surface area (Å²) in [5.74, 6) is 0. The predicted molar refractivity (Wildman–Crippen MR) is 57.1 cm³/mol. The maximum absolute atomic E-state index is 5.13. The van der Waals surface area contributed by atoms with E-state index >= 15 is 0 Å². The smallest absolute Gasteiger partial charge is 0.0667 e. The third-order valence-corrected chi connectivity index (χ3v) is 2.14. The minimum atomic E-state index is 0.314. The fraction of sp³-hybridized carbons (Fsp3) is 1.00. The van der Waals surface area contributed by atoms with Crippen molar-refractivity contribution in [1.29, 1.82) is 0 Å². The molecule has 3 heteroatoms. The van der Waals surface area contributed by atoms with Gasteiger partial charge in [0.05, 0.1) is 6.10 Å². The first-order valence-corrected chi connectivity index (χ1v) is 5.17. The van der Waals surface area contributed by atoms with E-state index in [4.69, 9.17) is 4.74 Å². The summed E-state index contributed by atoms with van der Waals surface area (Å²) in [4.78, 5) is 0. The van der Waals surface area contributed by atoms with Crippen molar-refractivity contribution >= 4 is 0 Å². The third kappa shape index (κ3) is 8.22. The van der Waals surface area contributed by atoms with Gasteiger partial charge in [0, 0.05) is 19.7 Å². The summed E-state index contributed by atoms with van der Waals surface area (Å²) in [5.41, 5.74) is 0. The van der Waals surface area contributed by atoms with Gasteiger partial charge in [-0.3, -0.25) is 0 Å². The maximum atomic E-state index is 5.13. The van der Waals surface area contributed by atoms with Crippen LogP contribution >= 0.6 is 0 Å². The van der Waals surface area contributed by atoms with Crippen LogP contribution in [0.1, 0.15) is 27.2 Å². The molecular formula is C10H24N2O. The zero-order valence-corrected chi connectivity index (χ0v) is 9.39. The Morgan fingerprint density at radius 1 is 1.31 bits per heavy atom. The highest BCUT2D eigenvalue weighted by molar-refractivity contribution is 4.62. The van der Waals surface area contributed by atoms with Crippen molar-refractivity contribution in [3.05, 3.63) is 0 Å². The van der Waals surface area contributed by atoms with Crippen molar-refractivity contribution in [2.45, 2.75) is 39.3 Å². The fourth-order valence-corrected chi connectivity index (χ4v) is 1.16. The molecule has 0 bridgehead atoms. The lowest BCUT2D eigenvalue weighted by atomic mass is 10.2. The second-order valence-corrected chi connectivity index (χ2v) is 3.50. The molecule has 0 fully saturated rings. The summed E-state index contributed by atoms with van der Waals surface area (Å²) < 4.78 is 5.13. The van der Waals surface area contributed by atoms with Crippen molar-refractivity contribution in [2.75, 3.05) is 26.7 Å². The van der Waals surface area contributed by atoms with Crippen LogP contribution in [0.4, 0.5) is 0 Å². The number of nitrogens with one attached hydrogen (secondary N) is 2. The largest absolute Gasteiger partial charge is 0.380 e. The van der Waals surface area contributed by atoms with Crippen LogP contribution in [-0.2, 0) is 4.74 Å². The average molecular weight is 188 g/mol. The highest BCUT2D eigenvalue weighted by Gasteiger charge is 2.00. The van der Waals surface area contributed by atoms with Crippen LogP contribution in [0.25, 0.3) is 0 Å². The van der Waals surface area contributed by atoms with Gasteiger partial charge in [-0.15, -0.1) is 0 Å². The lowest BCUT2D eigenvalue weighted by Gasteiger charge is -2.14. The molecule has 0 spiro atoms. The number of methoxy groups -OCH3 is 1. The highest BCUT2D eigenvalue weighted by Crippen LogP contribution is 1.89. The van der Waals surface area contributed by atoms with E-state index in [0.29, 0.717) is 12.1 Å². The van der Waals surface area contributed by atoms with E-state index < -0.39 is 0 Å². The summed E-state index contributed by atoms with van der Waals surface area (Å²) in [6.07, 6.45) is 1.49. The van der Waals surface area contributed by atoms with Gasteiger partial charge < -0.3 is 15.4 Å². The fourth-order valence-electron chi connectivity index (χ4n) is 1.16. The Morgan fingerprint density at radius 2 is 2.00 bits per heavy atom. The molecule has 0 aliphatic rings. The van der Waals surface area contributed by atoms with Crippen molar-refractivity contribution in [2.24, 2.45) is 0 Å². The monoisotopic (exact) mass is 188 g/mol. The van der Waals surface area contributed by atoms with Crippen LogP contribution in [0.5, 0.6) is 0 Å². The second kappa shape index (κ2) is 8.48. The molecule has 2 atom stereocenters. The molecule has 0 rings (SSSR count). The minimum Gasteiger partial charge on any atom is -0.380 e. The Morgan fingerprint density at radius 3 is 2.54 bits per heavy atom. The first kappa shape index (κ1) is 12.9. The van der Waals surface area contributed by atoms with Crippen LogP contribution < -0.4 is 10.6 Å². The van der Waals surface area contributed by atoms with E-state index in [1.165, 1.54) is 6.42 Å². The van der Waals surface area contributed by atoms with Crippen molar-refractivity contribution in [1.82, 2.24) is 10.6 Å². The summed E-state index contributed by atoms with van der Waals surface area (Å²) in [6, 6.07) is 0.607. The van der Waals surface area contributed by atoms with Gasteiger partial charge in [-0.05, 0) is 33.4 Å². The Balaban J connectivity index is 3.15. The summed E-state index contributed by atoms with van der Waals surface area (Å²) in [5, 5.41) is 6.74. The molecule has 0 aliphatic heterocycles. The van der Waals surface area contributed by atoms with E-state index in [2.05, 4.69) is 31.4 Å². The van der Waals surface area contributed by atoms with Gasteiger partial charge in [-0.1, -0.05) is 6.92 Å². The summed E-state index contributed by atoms with van der Waals surface area (Å²) in [7, 11) is 1.74. The SMILES string of the molecule is CCNC(C)CCNCC(C)OC. The molecule has 0 saturated carbocycles. The average Bonchev–Trinajstić information content (AvgIpc) is 2.12. The Bertz CT molecular complexity index is 109. The van der Waals surface area contributed by atoms with E-state index in [-0.39, 0.29) is 0 Å². The number of hydrogen-bond acceptors (Lipinski definition) is 3. The van der Waals surface area contributed by atoms with Crippen molar-refractivity contribution in [3.63, 3.8) is 0 Å². The number of hydrogen-bond donors (Lipinski definition) is 2. The molecular weight excluding hydrogens is 164 g/mol. The molecule has 0 saturated heterocycles. The molecule has 13 heavy (non-hydrogen) atoms. The van der Waals surface area contributed by atoms with Gasteiger partial charge in [-0.25, -0.2) is 0 Å². The zero-order valence-electron chi connectivity index (χ0n) is 9.39. The maximum Gasteiger partial charge on any atom is 0.0667 e. The number of ether oxygens (including phenoxy) is 1. The molecule has 0 aromatic carbocycles. The van der Waals surface area contributed by atoms with Crippen LogP contribution in [0.15, 0.2) is 0 Å². The van der Waals surface area contributed by atoms with E-state index in [0.717, 1.165) is 19.6 Å². The molecule has 0 amide bonds. The first-order chi connectivity index (χ1) is 6.20. The van der Waals surface area contributed by atoms with Gasteiger partial charge in [0.1, 0.15) is 0 Å². The third-order valence-electron chi connectivity index (χ3n) is 2.14. The highest BCUT2D eigenvalue weighted by atomic mass is 16.5. The van der Waals surface area contributed by atoms with E-state index in [1.54, 1.807) is 7.11 Å². The minimum absolute atomic E-state index is 0.314. The predicted octanol–water partition coefficient (Wildman–Crippen LogP) is 0.999. The van der Waals surface area contributed by atoms with Crippen molar-refractivity contribution < 1.29 is 4.74 Å². The zero-order chi connectivity index (χ0) is 10.1. The van der Waals surface area contributed by atoms with Crippen LogP contribution in [0.2, 0.25) is 0 Å². The lowest BCUT2D eigenvalue weighted by Crippen LogP contribution is -2.32. The van der Waals surface area contributed by atoms with Crippen LogP contribution in [0.3, 0.4) is 0 Å². The lowest BCUT2D eigenvalue weighted by molar-refractivity contribution is 0.117. The molecule has 2 N–H and O–H groups in total. The molecule has 0 aromatic heterocycles. The van der Waals surface area contributed by atoms with Crippen LogP contribution in [0, 0.1) is 0 Å². The Hall–Kier alpha value is -0.120. The van der Waals surface area contributed by atoms with Gasteiger partial charge >= 0.3 is 0 Å². The molecule has 80 valence electrons. The van der Waals surface area contributed by atoms with Crippen molar-refractivity contribution in [3.8, 4) is 0 Å². The Labute approximate surface area is 82.2 Å². The van der Waals surface area contributed by atoms with Gasteiger partial charge in [0.25, 0.3) is 0 Å². The Kier molecular flexibility index (Phi) is 8.40. The quantitative estimate of drug-likeness (QED) is 0.558. The van der Waals surface area contributed by atoms with Crippen LogP contribution in [-0.4, -0.2) is 38.9 Å². The summed E-state index contributed by atoms with van der Waals surface area (Å²) in [6.45, 7) is 9.47. The molecule has 0 radical (unpaired) electrons. The standard InChI is InChI=1S/C10H24N2O/c1-5-12-9(2)6-7-11-8-10(3)13-4/h9-12H,5-8H2,1-4H3. The van der Waals surface area contributed by atoms with Gasteiger partial charge in [0.15, 0.2) is 0 Å². The van der Waals surface area contributed by atoms with E-state index in [9.17, 15) is 0 Å². The number of rotatable bonds is 8. The van der Waals surface area contributed by atoms with Gasteiger partial charge in [0.2, 0.25) is 0 Å². The second-order valence-electron chi connectivity index (χ2n) is 3.50. The van der Waals surface area contributed by atoms with Gasteiger partial charge in [-0.2, -0.15) is 0 Å². The normalized spacial score (nSPS) is 15.7. The molecule has 2 unspecified atom stereocenters.